The summed E-state index contributed by atoms with van der Waals surface area (Å²) in [5.74, 6) is 0.0253. The SMILES string of the molecule is COc1ccc(NC(=O)COc2ccc(C=C(C#N)C(=O)Nc3ccc(Cl)cc3)cc2Cl)cc1. The van der Waals surface area contributed by atoms with Crippen molar-refractivity contribution >= 4 is 52.5 Å². The molecule has 0 saturated carbocycles. The first-order valence-corrected chi connectivity index (χ1v) is 10.7. The van der Waals surface area contributed by atoms with Crippen LogP contribution in [-0.4, -0.2) is 25.5 Å². The highest BCUT2D eigenvalue weighted by atomic mass is 35.5. The molecule has 0 aliphatic heterocycles. The Labute approximate surface area is 206 Å². The lowest BCUT2D eigenvalue weighted by atomic mass is 10.1. The average Bonchev–Trinajstić information content (AvgIpc) is 2.83. The van der Waals surface area contributed by atoms with E-state index in [0.717, 1.165) is 0 Å². The van der Waals surface area contributed by atoms with Crippen LogP contribution in [0.25, 0.3) is 6.08 Å². The fourth-order valence-corrected chi connectivity index (χ4v) is 3.16. The molecule has 2 amide bonds. The molecule has 34 heavy (non-hydrogen) atoms. The van der Waals surface area contributed by atoms with Crippen LogP contribution in [0, 0.1) is 11.3 Å². The van der Waals surface area contributed by atoms with Crippen molar-refractivity contribution in [3.63, 3.8) is 0 Å². The monoisotopic (exact) mass is 495 g/mol. The van der Waals surface area contributed by atoms with Gasteiger partial charge in [-0.25, -0.2) is 0 Å². The summed E-state index contributed by atoms with van der Waals surface area (Å²) in [5, 5.41) is 15.5. The summed E-state index contributed by atoms with van der Waals surface area (Å²) in [5.41, 5.74) is 1.51. The average molecular weight is 496 g/mol. The van der Waals surface area contributed by atoms with Crippen molar-refractivity contribution in [2.24, 2.45) is 0 Å². The second kappa shape index (κ2) is 11.8. The third-order valence-electron chi connectivity index (χ3n) is 4.47. The number of nitrogens with one attached hydrogen (secondary N) is 2. The van der Waals surface area contributed by atoms with Crippen LogP contribution >= 0.6 is 23.2 Å². The molecular weight excluding hydrogens is 477 g/mol. The van der Waals surface area contributed by atoms with Crippen LogP contribution in [0.2, 0.25) is 10.0 Å². The molecule has 0 heterocycles. The number of hydrogen-bond acceptors (Lipinski definition) is 5. The number of nitrogens with zero attached hydrogens (tertiary/aromatic N) is 1. The minimum absolute atomic E-state index is 0.112. The quantitative estimate of drug-likeness (QED) is 0.314. The number of benzene rings is 3. The number of methoxy groups -OCH3 is 1. The third-order valence-corrected chi connectivity index (χ3v) is 5.01. The zero-order chi connectivity index (χ0) is 24.5. The van der Waals surface area contributed by atoms with Crippen molar-refractivity contribution in [3.05, 3.63) is 87.9 Å². The Morgan fingerprint density at radius 2 is 1.62 bits per heavy atom. The van der Waals surface area contributed by atoms with Crippen LogP contribution in [0.15, 0.2) is 72.3 Å². The van der Waals surface area contributed by atoms with Crippen molar-refractivity contribution in [3.8, 4) is 17.6 Å². The number of nitriles is 1. The summed E-state index contributed by atoms with van der Waals surface area (Å²) in [4.78, 5) is 24.5. The van der Waals surface area contributed by atoms with Crippen molar-refractivity contribution in [2.45, 2.75) is 0 Å². The maximum absolute atomic E-state index is 12.4. The van der Waals surface area contributed by atoms with Crippen molar-refractivity contribution < 1.29 is 19.1 Å². The molecule has 0 bridgehead atoms. The maximum atomic E-state index is 12.4. The van der Waals surface area contributed by atoms with Gasteiger partial charge in [0.1, 0.15) is 23.1 Å². The zero-order valence-corrected chi connectivity index (χ0v) is 19.5. The molecule has 0 radical (unpaired) electrons. The molecule has 9 heteroatoms. The van der Waals surface area contributed by atoms with Gasteiger partial charge in [0.25, 0.3) is 11.8 Å². The lowest BCUT2D eigenvalue weighted by Crippen LogP contribution is -2.20. The molecule has 0 fully saturated rings. The molecule has 0 aromatic heterocycles. The van der Waals surface area contributed by atoms with Crippen LogP contribution in [-0.2, 0) is 9.59 Å². The Bertz CT molecular complexity index is 1250. The van der Waals surface area contributed by atoms with E-state index in [2.05, 4.69) is 10.6 Å². The first-order chi connectivity index (χ1) is 16.4. The van der Waals surface area contributed by atoms with E-state index < -0.39 is 5.91 Å². The van der Waals surface area contributed by atoms with E-state index in [1.807, 2.05) is 6.07 Å². The first kappa shape index (κ1) is 24.6. The molecule has 0 aliphatic rings. The van der Waals surface area contributed by atoms with Crippen LogP contribution in [0.3, 0.4) is 0 Å². The van der Waals surface area contributed by atoms with Gasteiger partial charge >= 0.3 is 0 Å². The van der Waals surface area contributed by atoms with Crippen molar-refractivity contribution in [1.29, 1.82) is 5.26 Å². The van der Waals surface area contributed by atoms with Gasteiger partial charge in [-0.15, -0.1) is 0 Å². The maximum Gasteiger partial charge on any atom is 0.266 e. The smallest absolute Gasteiger partial charge is 0.266 e. The molecule has 0 atom stereocenters. The highest BCUT2D eigenvalue weighted by Gasteiger charge is 2.11. The van der Waals surface area contributed by atoms with Gasteiger partial charge in [-0.05, 0) is 72.3 Å². The fourth-order valence-electron chi connectivity index (χ4n) is 2.79. The van der Waals surface area contributed by atoms with E-state index in [1.54, 1.807) is 67.8 Å². The summed E-state index contributed by atoms with van der Waals surface area (Å²) in [7, 11) is 1.56. The Hall–Kier alpha value is -3.99. The van der Waals surface area contributed by atoms with Gasteiger partial charge in [0.2, 0.25) is 0 Å². The minimum atomic E-state index is -0.573. The van der Waals surface area contributed by atoms with Crippen LogP contribution in [0.5, 0.6) is 11.5 Å². The predicted octanol–water partition coefficient (Wildman–Crippen LogP) is 5.57. The van der Waals surface area contributed by atoms with Gasteiger partial charge in [0.05, 0.1) is 12.1 Å². The van der Waals surface area contributed by atoms with E-state index in [-0.39, 0.29) is 28.9 Å². The third kappa shape index (κ3) is 7.01. The van der Waals surface area contributed by atoms with E-state index in [4.69, 9.17) is 32.7 Å². The molecule has 2 N–H and O–H groups in total. The highest BCUT2D eigenvalue weighted by molar-refractivity contribution is 6.32. The Morgan fingerprint density at radius 3 is 2.24 bits per heavy atom. The topological polar surface area (TPSA) is 100 Å². The second-order valence-electron chi connectivity index (χ2n) is 6.89. The highest BCUT2D eigenvalue weighted by Crippen LogP contribution is 2.27. The van der Waals surface area contributed by atoms with E-state index in [9.17, 15) is 14.9 Å². The molecule has 0 unspecified atom stereocenters. The van der Waals surface area contributed by atoms with Crippen LogP contribution < -0.4 is 20.1 Å². The number of ether oxygens (including phenoxy) is 2. The second-order valence-corrected chi connectivity index (χ2v) is 7.73. The van der Waals surface area contributed by atoms with Crippen LogP contribution in [0.1, 0.15) is 5.56 Å². The number of rotatable bonds is 8. The van der Waals surface area contributed by atoms with Gasteiger partial charge in [-0.2, -0.15) is 5.26 Å². The number of carbonyl (C=O) groups excluding carboxylic acids is 2. The van der Waals surface area contributed by atoms with Gasteiger partial charge in [-0.3, -0.25) is 9.59 Å². The molecule has 3 aromatic carbocycles. The number of halogens is 2. The molecule has 172 valence electrons. The Balaban J connectivity index is 1.60. The summed E-state index contributed by atoms with van der Waals surface area (Å²) in [6.07, 6.45) is 1.40. The van der Waals surface area contributed by atoms with Crippen LogP contribution in [0.4, 0.5) is 11.4 Å². The standard InChI is InChI=1S/C25H19Cl2N3O4/c1-33-21-9-7-19(8-10-21)29-24(31)15-34-23-11-2-16(13-22(23)27)12-17(14-28)25(32)30-20-5-3-18(26)4-6-20/h2-13H,15H2,1H3,(H,29,31)(H,30,32). The summed E-state index contributed by atoms with van der Waals surface area (Å²) in [6, 6.07) is 20.0. The molecule has 0 saturated heterocycles. The van der Waals surface area contributed by atoms with Gasteiger partial charge in [-0.1, -0.05) is 29.3 Å². The largest absolute Gasteiger partial charge is 0.497 e. The minimum Gasteiger partial charge on any atom is -0.497 e. The lowest BCUT2D eigenvalue weighted by molar-refractivity contribution is -0.118. The molecule has 3 aromatic rings. The number of anilines is 2. The summed E-state index contributed by atoms with van der Waals surface area (Å²) in [6.45, 7) is -0.256. The normalized spacial score (nSPS) is 10.7. The van der Waals surface area contributed by atoms with E-state index >= 15 is 0 Å². The summed E-state index contributed by atoms with van der Waals surface area (Å²) < 4.78 is 10.6. The zero-order valence-electron chi connectivity index (χ0n) is 18.0. The van der Waals surface area contributed by atoms with Crippen molar-refractivity contribution in [1.82, 2.24) is 0 Å². The number of carbonyl (C=O) groups is 2. The first-order valence-electron chi connectivity index (χ1n) is 9.93. The lowest BCUT2D eigenvalue weighted by Gasteiger charge is -2.10. The van der Waals surface area contributed by atoms with E-state index in [1.165, 1.54) is 12.1 Å². The number of hydrogen-bond donors (Lipinski definition) is 2. The molecule has 3 rings (SSSR count). The molecule has 0 spiro atoms. The summed E-state index contributed by atoms with van der Waals surface area (Å²) >= 11 is 12.1. The Morgan fingerprint density at radius 1 is 0.971 bits per heavy atom. The molecule has 7 nitrogen and oxygen atoms in total. The molecular formula is C25H19Cl2N3O4. The number of amides is 2. The van der Waals surface area contributed by atoms with Crippen molar-refractivity contribution in [2.75, 3.05) is 24.4 Å². The van der Waals surface area contributed by atoms with E-state index in [0.29, 0.717) is 27.7 Å². The fraction of sp³-hybridized carbons (Fsp3) is 0.0800. The van der Waals surface area contributed by atoms with Gasteiger partial charge in [0, 0.05) is 16.4 Å². The van der Waals surface area contributed by atoms with Gasteiger partial charge < -0.3 is 20.1 Å². The van der Waals surface area contributed by atoms with Gasteiger partial charge in [0.15, 0.2) is 6.61 Å². The molecule has 0 aliphatic carbocycles. The predicted molar refractivity (Wildman–Crippen MR) is 132 cm³/mol. The Kier molecular flexibility index (Phi) is 8.52.